The van der Waals surface area contributed by atoms with E-state index in [0.717, 1.165) is 28.5 Å². The molecule has 0 saturated carbocycles. The SMILES string of the molecule is N#C/C(=C/c1c[nH]c2ccccc12)C(=O)N1CCc2ccccc2C1. The van der Waals surface area contributed by atoms with Crippen LogP contribution in [0.3, 0.4) is 0 Å². The Balaban J connectivity index is 1.63. The normalized spacial score (nSPS) is 14.2. The van der Waals surface area contributed by atoms with Crippen LogP contribution in [0.15, 0.2) is 60.3 Å². The summed E-state index contributed by atoms with van der Waals surface area (Å²) in [6, 6.07) is 18.1. The number of nitrogens with zero attached hydrogens (tertiary/aromatic N) is 2. The van der Waals surface area contributed by atoms with Crippen LogP contribution in [0, 0.1) is 11.3 Å². The molecule has 25 heavy (non-hydrogen) atoms. The second kappa shape index (κ2) is 6.29. The van der Waals surface area contributed by atoms with Crippen LogP contribution in [0.2, 0.25) is 0 Å². The molecule has 1 aliphatic heterocycles. The predicted molar refractivity (Wildman–Crippen MR) is 97.5 cm³/mol. The molecule has 1 amide bonds. The van der Waals surface area contributed by atoms with E-state index in [1.165, 1.54) is 5.56 Å². The number of carbonyl (C=O) groups is 1. The maximum Gasteiger partial charge on any atom is 0.264 e. The maximum absolute atomic E-state index is 12.8. The van der Waals surface area contributed by atoms with E-state index in [2.05, 4.69) is 17.1 Å². The molecule has 1 N–H and O–H groups in total. The van der Waals surface area contributed by atoms with Crippen molar-refractivity contribution in [3.8, 4) is 6.07 Å². The molecule has 0 radical (unpaired) electrons. The van der Waals surface area contributed by atoms with Crippen LogP contribution in [-0.2, 0) is 17.8 Å². The van der Waals surface area contributed by atoms with E-state index in [1.54, 1.807) is 11.0 Å². The summed E-state index contributed by atoms with van der Waals surface area (Å²) in [5.41, 5.74) is 4.46. The van der Waals surface area contributed by atoms with E-state index in [9.17, 15) is 10.1 Å². The predicted octanol–water partition coefficient (Wildman–Crippen LogP) is 3.66. The van der Waals surface area contributed by atoms with Gasteiger partial charge in [0, 0.05) is 35.8 Å². The van der Waals surface area contributed by atoms with Gasteiger partial charge >= 0.3 is 0 Å². The zero-order valence-electron chi connectivity index (χ0n) is 13.7. The number of benzene rings is 2. The Kier molecular flexibility index (Phi) is 3.83. The summed E-state index contributed by atoms with van der Waals surface area (Å²) in [7, 11) is 0. The topological polar surface area (TPSA) is 59.9 Å². The lowest BCUT2D eigenvalue weighted by Crippen LogP contribution is -2.36. The molecule has 0 fully saturated rings. The minimum absolute atomic E-state index is 0.170. The van der Waals surface area contributed by atoms with Crippen molar-refractivity contribution < 1.29 is 4.79 Å². The van der Waals surface area contributed by atoms with Crippen LogP contribution in [0.5, 0.6) is 0 Å². The van der Waals surface area contributed by atoms with E-state index in [1.807, 2.05) is 48.7 Å². The van der Waals surface area contributed by atoms with E-state index in [0.29, 0.717) is 13.1 Å². The van der Waals surface area contributed by atoms with Crippen LogP contribution in [0.1, 0.15) is 16.7 Å². The number of fused-ring (bicyclic) bond motifs is 2. The maximum atomic E-state index is 12.8. The van der Waals surface area contributed by atoms with Gasteiger partial charge in [-0.25, -0.2) is 0 Å². The highest BCUT2D eigenvalue weighted by molar-refractivity contribution is 6.04. The summed E-state index contributed by atoms with van der Waals surface area (Å²) in [4.78, 5) is 17.8. The molecular formula is C21H17N3O. The molecule has 0 saturated heterocycles. The summed E-state index contributed by atoms with van der Waals surface area (Å²) in [6.45, 7) is 1.20. The first-order valence-electron chi connectivity index (χ1n) is 8.30. The van der Waals surface area contributed by atoms with Crippen molar-refractivity contribution >= 4 is 22.9 Å². The zero-order chi connectivity index (χ0) is 17.2. The molecule has 4 heteroatoms. The number of amides is 1. The van der Waals surface area contributed by atoms with Gasteiger partial charge in [-0.1, -0.05) is 42.5 Å². The second-order valence-corrected chi connectivity index (χ2v) is 6.20. The number of H-pyrrole nitrogens is 1. The molecule has 0 unspecified atom stereocenters. The fourth-order valence-corrected chi connectivity index (χ4v) is 3.35. The molecule has 2 aromatic carbocycles. The molecule has 4 nitrogen and oxygen atoms in total. The number of rotatable bonds is 2. The summed E-state index contributed by atoms with van der Waals surface area (Å²) in [6.07, 6.45) is 4.34. The number of hydrogen-bond acceptors (Lipinski definition) is 2. The fraction of sp³-hybridized carbons (Fsp3) is 0.143. The Hall–Kier alpha value is -3.32. The number of aromatic amines is 1. The van der Waals surface area contributed by atoms with Gasteiger partial charge in [-0.2, -0.15) is 5.26 Å². The number of carbonyl (C=O) groups excluding carboxylic acids is 1. The molecule has 0 atom stereocenters. The number of aromatic nitrogens is 1. The average molecular weight is 327 g/mol. The first-order chi connectivity index (χ1) is 12.3. The van der Waals surface area contributed by atoms with Crippen LogP contribution < -0.4 is 0 Å². The fourth-order valence-electron chi connectivity index (χ4n) is 3.35. The van der Waals surface area contributed by atoms with Gasteiger partial charge in [-0.05, 0) is 29.7 Å². The number of nitriles is 1. The Morgan fingerprint density at radius 1 is 1.12 bits per heavy atom. The van der Waals surface area contributed by atoms with Crippen molar-refractivity contribution in [1.82, 2.24) is 9.88 Å². The quantitative estimate of drug-likeness (QED) is 0.577. The molecule has 3 aromatic rings. The summed E-state index contributed by atoms with van der Waals surface area (Å²) in [5, 5.41) is 10.5. The van der Waals surface area contributed by atoms with Gasteiger partial charge in [0.2, 0.25) is 0 Å². The minimum atomic E-state index is -0.206. The first-order valence-corrected chi connectivity index (χ1v) is 8.30. The third-order valence-corrected chi connectivity index (χ3v) is 4.69. The summed E-state index contributed by atoms with van der Waals surface area (Å²) < 4.78 is 0. The van der Waals surface area contributed by atoms with Crippen LogP contribution in [0.25, 0.3) is 17.0 Å². The Morgan fingerprint density at radius 2 is 1.88 bits per heavy atom. The highest BCUT2D eigenvalue weighted by atomic mass is 16.2. The second-order valence-electron chi connectivity index (χ2n) is 6.20. The largest absolute Gasteiger partial charge is 0.361 e. The highest BCUT2D eigenvalue weighted by Crippen LogP contribution is 2.23. The molecule has 0 bridgehead atoms. The van der Waals surface area contributed by atoms with Crippen molar-refractivity contribution in [2.24, 2.45) is 0 Å². The molecule has 1 aromatic heterocycles. The van der Waals surface area contributed by atoms with E-state index >= 15 is 0 Å². The van der Waals surface area contributed by atoms with Gasteiger partial charge in [-0.15, -0.1) is 0 Å². The average Bonchev–Trinajstić information content (AvgIpc) is 3.08. The third kappa shape index (κ3) is 2.81. The Morgan fingerprint density at radius 3 is 2.72 bits per heavy atom. The molecule has 1 aliphatic rings. The summed E-state index contributed by atoms with van der Waals surface area (Å²) in [5.74, 6) is -0.206. The molecule has 2 heterocycles. The standard InChI is InChI=1S/C21H17N3O/c22-12-17(11-18-13-23-20-8-4-3-7-19(18)20)21(25)24-10-9-15-5-1-2-6-16(15)14-24/h1-8,11,13,23H,9-10,14H2/b17-11-. The highest BCUT2D eigenvalue weighted by Gasteiger charge is 2.23. The van der Waals surface area contributed by atoms with E-state index in [-0.39, 0.29) is 11.5 Å². The van der Waals surface area contributed by atoms with E-state index in [4.69, 9.17) is 0 Å². The van der Waals surface area contributed by atoms with Gasteiger partial charge in [0.1, 0.15) is 11.6 Å². The lowest BCUT2D eigenvalue weighted by molar-refractivity contribution is -0.127. The van der Waals surface area contributed by atoms with Crippen molar-refractivity contribution in [2.45, 2.75) is 13.0 Å². The molecule has 0 aliphatic carbocycles. The van der Waals surface area contributed by atoms with Gasteiger partial charge < -0.3 is 9.88 Å². The number of para-hydroxylation sites is 1. The minimum Gasteiger partial charge on any atom is -0.361 e. The van der Waals surface area contributed by atoms with Crippen LogP contribution in [0.4, 0.5) is 0 Å². The van der Waals surface area contributed by atoms with Crippen LogP contribution >= 0.6 is 0 Å². The van der Waals surface area contributed by atoms with Crippen molar-refractivity contribution in [3.63, 3.8) is 0 Å². The van der Waals surface area contributed by atoms with Gasteiger partial charge in [-0.3, -0.25) is 4.79 Å². The van der Waals surface area contributed by atoms with Gasteiger partial charge in [0.05, 0.1) is 0 Å². The number of nitrogens with one attached hydrogen (secondary N) is 1. The molecule has 4 rings (SSSR count). The third-order valence-electron chi connectivity index (χ3n) is 4.69. The Labute approximate surface area is 146 Å². The first kappa shape index (κ1) is 15.2. The monoisotopic (exact) mass is 327 g/mol. The van der Waals surface area contributed by atoms with E-state index < -0.39 is 0 Å². The molecule has 0 spiro atoms. The number of hydrogen-bond donors (Lipinski definition) is 1. The van der Waals surface area contributed by atoms with Gasteiger partial charge in [0.15, 0.2) is 0 Å². The van der Waals surface area contributed by atoms with Crippen LogP contribution in [-0.4, -0.2) is 22.3 Å². The Bertz CT molecular complexity index is 1020. The zero-order valence-corrected chi connectivity index (χ0v) is 13.7. The molecule has 122 valence electrons. The van der Waals surface area contributed by atoms with Crippen molar-refractivity contribution in [3.05, 3.63) is 77.0 Å². The lowest BCUT2D eigenvalue weighted by atomic mass is 9.99. The van der Waals surface area contributed by atoms with Crippen molar-refractivity contribution in [2.75, 3.05) is 6.54 Å². The summed E-state index contributed by atoms with van der Waals surface area (Å²) >= 11 is 0. The smallest absolute Gasteiger partial charge is 0.264 e. The van der Waals surface area contributed by atoms with Gasteiger partial charge in [0.25, 0.3) is 5.91 Å². The molecular weight excluding hydrogens is 310 g/mol. The lowest BCUT2D eigenvalue weighted by Gasteiger charge is -2.28. The van der Waals surface area contributed by atoms with Crippen molar-refractivity contribution in [1.29, 1.82) is 5.26 Å².